The highest BCUT2D eigenvalue weighted by Crippen LogP contribution is 2.32. The van der Waals surface area contributed by atoms with Gasteiger partial charge in [0.1, 0.15) is 11.5 Å². The van der Waals surface area contributed by atoms with E-state index in [0.717, 1.165) is 0 Å². The molecule has 0 saturated carbocycles. The number of benzene rings is 2. The molecule has 7 nitrogen and oxygen atoms in total. The molecule has 0 fully saturated rings. The van der Waals surface area contributed by atoms with Crippen molar-refractivity contribution in [3.05, 3.63) is 42.5 Å². The van der Waals surface area contributed by atoms with Gasteiger partial charge >= 0.3 is 0 Å². The maximum Gasteiger partial charge on any atom is 0.265 e. The van der Waals surface area contributed by atoms with Gasteiger partial charge in [0.25, 0.3) is 15.9 Å². The summed E-state index contributed by atoms with van der Waals surface area (Å²) in [5, 5.41) is 2.68. The largest absolute Gasteiger partial charge is 0.497 e. The van der Waals surface area contributed by atoms with E-state index in [9.17, 15) is 13.2 Å². The van der Waals surface area contributed by atoms with Gasteiger partial charge in [0.15, 0.2) is 6.10 Å². The van der Waals surface area contributed by atoms with Crippen molar-refractivity contribution in [1.82, 2.24) is 0 Å². The van der Waals surface area contributed by atoms with Gasteiger partial charge in [-0.15, -0.1) is 0 Å². The number of hydrogen-bond acceptors (Lipinski definition) is 5. The molecule has 0 radical (unpaired) electrons. The van der Waals surface area contributed by atoms with E-state index in [0.29, 0.717) is 22.9 Å². The summed E-state index contributed by atoms with van der Waals surface area (Å²) in [5.41, 5.74) is 0.746. The molecule has 0 aliphatic carbocycles. The Balaban J connectivity index is 1.85. The van der Waals surface area contributed by atoms with Crippen molar-refractivity contribution in [3.63, 3.8) is 0 Å². The Morgan fingerprint density at radius 1 is 1.17 bits per heavy atom. The zero-order chi connectivity index (χ0) is 17.3. The third-order valence-electron chi connectivity index (χ3n) is 3.53. The number of sulfonamides is 1. The van der Waals surface area contributed by atoms with Gasteiger partial charge in [-0.3, -0.25) is 9.52 Å². The minimum absolute atomic E-state index is 0.106. The first kappa shape index (κ1) is 16.1. The molecule has 126 valence electrons. The Morgan fingerprint density at radius 3 is 2.54 bits per heavy atom. The second-order valence-electron chi connectivity index (χ2n) is 5.24. The molecule has 0 aromatic heterocycles. The molecular weight excluding hydrogens is 332 g/mol. The lowest BCUT2D eigenvalue weighted by Gasteiger charge is -2.23. The summed E-state index contributed by atoms with van der Waals surface area (Å²) >= 11 is 0. The monoisotopic (exact) mass is 348 g/mol. The summed E-state index contributed by atoms with van der Waals surface area (Å²) in [6.07, 6.45) is -0.584. The van der Waals surface area contributed by atoms with Crippen LogP contribution in [0.25, 0.3) is 0 Å². The van der Waals surface area contributed by atoms with Crippen molar-refractivity contribution >= 4 is 27.3 Å². The number of hydrogen-bond donors (Lipinski definition) is 2. The molecule has 0 spiro atoms. The highest BCUT2D eigenvalue weighted by atomic mass is 32.2. The van der Waals surface area contributed by atoms with Gasteiger partial charge in [-0.2, -0.15) is 0 Å². The van der Waals surface area contributed by atoms with Crippen LogP contribution < -0.4 is 19.5 Å². The van der Waals surface area contributed by atoms with Crippen molar-refractivity contribution in [1.29, 1.82) is 0 Å². The first-order valence-corrected chi connectivity index (χ1v) is 8.66. The zero-order valence-electron chi connectivity index (χ0n) is 13.1. The summed E-state index contributed by atoms with van der Waals surface area (Å²) in [6.45, 7) is 1.64. The number of methoxy groups -OCH3 is 1. The van der Waals surface area contributed by atoms with Crippen LogP contribution in [0, 0.1) is 0 Å². The van der Waals surface area contributed by atoms with Crippen molar-refractivity contribution in [2.24, 2.45) is 0 Å². The first-order valence-electron chi connectivity index (χ1n) is 7.17. The molecule has 1 heterocycles. The van der Waals surface area contributed by atoms with Crippen LogP contribution in [0.4, 0.5) is 11.4 Å². The maximum absolute atomic E-state index is 12.4. The van der Waals surface area contributed by atoms with E-state index in [2.05, 4.69) is 10.0 Å². The van der Waals surface area contributed by atoms with Crippen LogP contribution in [0.5, 0.6) is 11.5 Å². The maximum atomic E-state index is 12.4. The quantitative estimate of drug-likeness (QED) is 0.883. The van der Waals surface area contributed by atoms with E-state index in [1.165, 1.54) is 25.3 Å². The average Bonchev–Trinajstić information content (AvgIpc) is 2.56. The first-order chi connectivity index (χ1) is 11.4. The summed E-state index contributed by atoms with van der Waals surface area (Å²) < 4.78 is 37.8. The SMILES string of the molecule is COc1ccc(S(=O)(=O)Nc2ccc3c(c2)NC(=O)C(C)O3)cc1. The number of carbonyl (C=O) groups excluding carboxylic acids is 1. The standard InChI is InChI=1S/C16H16N2O5S/c1-10-16(19)17-14-9-11(3-8-15(14)23-10)18-24(20,21)13-6-4-12(22-2)5-7-13/h3-10,18H,1-2H3,(H,17,19). The summed E-state index contributed by atoms with van der Waals surface area (Å²) in [7, 11) is -2.24. The topological polar surface area (TPSA) is 93.7 Å². The molecule has 1 unspecified atom stereocenters. The number of anilines is 2. The molecule has 2 aromatic carbocycles. The number of ether oxygens (including phenoxy) is 2. The number of rotatable bonds is 4. The normalized spacial score (nSPS) is 16.6. The van der Waals surface area contributed by atoms with Crippen LogP contribution in [0.2, 0.25) is 0 Å². The Bertz CT molecular complexity index is 878. The van der Waals surface area contributed by atoms with Crippen LogP contribution in [-0.2, 0) is 14.8 Å². The molecule has 1 amide bonds. The number of nitrogens with one attached hydrogen (secondary N) is 2. The lowest BCUT2D eigenvalue weighted by Crippen LogP contribution is -2.34. The van der Waals surface area contributed by atoms with Crippen molar-refractivity contribution in [2.75, 3.05) is 17.1 Å². The van der Waals surface area contributed by atoms with Gasteiger partial charge in [-0.05, 0) is 49.4 Å². The van der Waals surface area contributed by atoms with E-state index in [1.54, 1.807) is 31.2 Å². The number of amides is 1. The highest BCUT2D eigenvalue weighted by molar-refractivity contribution is 7.92. The Kier molecular flexibility index (Phi) is 4.06. The minimum atomic E-state index is -3.75. The van der Waals surface area contributed by atoms with Crippen molar-refractivity contribution in [3.8, 4) is 11.5 Å². The molecular formula is C16H16N2O5S. The number of fused-ring (bicyclic) bond motifs is 1. The molecule has 0 saturated heterocycles. The van der Waals surface area contributed by atoms with Gasteiger partial charge in [0.2, 0.25) is 0 Å². The predicted molar refractivity (Wildman–Crippen MR) is 89.0 cm³/mol. The molecule has 1 aliphatic heterocycles. The fourth-order valence-electron chi connectivity index (χ4n) is 2.24. The van der Waals surface area contributed by atoms with Crippen LogP contribution in [0.15, 0.2) is 47.4 Å². The van der Waals surface area contributed by atoms with Crippen LogP contribution >= 0.6 is 0 Å². The number of carbonyl (C=O) groups is 1. The lowest BCUT2D eigenvalue weighted by atomic mass is 10.2. The van der Waals surface area contributed by atoms with E-state index < -0.39 is 16.1 Å². The van der Waals surface area contributed by atoms with Gasteiger partial charge < -0.3 is 14.8 Å². The van der Waals surface area contributed by atoms with Gasteiger partial charge in [-0.25, -0.2) is 8.42 Å². The molecule has 0 bridgehead atoms. The summed E-state index contributed by atoms with van der Waals surface area (Å²) in [6, 6.07) is 10.7. The Labute approximate surface area is 139 Å². The molecule has 2 aromatic rings. The molecule has 2 N–H and O–H groups in total. The van der Waals surface area contributed by atoms with Crippen LogP contribution in [0.3, 0.4) is 0 Å². The third-order valence-corrected chi connectivity index (χ3v) is 4.93. The van der Waals surface area contributed by atoms with E-state index in [1.807, 2.05) is 0 Å². The molecule has 8 heteroatoms. The van der Waals surface area contributed by atoms with E-state index >= 15 is 0 Å². The summed E-state index contributed by atoms with van der Waals surface area (Å²) in [5.74, 6) is 0.781. The second kappa shape index (κ2) is 6.04. The molecule has 3 rings (SSSR count). The molecule has 1 aliphatic rings. The van der Waals surface area contributed by atoms with Gasteiger partial charge in [0.05, 0.1) is 23.4 Å². The van der Waals surface area contributed by atoms with Crippen molar-refractivity contribution < 1.29 is 22.7 Å². The fraction of sp³-hybridized carbons (Fsp3) is 0.188. The smallest absolute Gasteiger partial charge is 0.265 e. The minimum Gasteiger partial charge on any atom is -0.497 e. The van der Waals surface area contributed by atoms with Crippen LogP contribution in [0.1, 0.15) is 6.92 Å². The summed E-state index contributed by atoms with van der Waals surface area (Å²) in [4.78, 5) is 11.8. The predicted octanol–water partition coefficient (Wildman–Crippen LogP) is 2.22. The third kappa shape index (κ3) is 3.13. The zero-order valence-corrected chi connectivity index (χ0v) is 13.9. The van der Waals surface area contributed by atoms with Crippen molar-refractivity contribution in [2.45, 2.75) is 17.9 Å². The Hall–Kier alpha value is -2.74. The van der Waals surface area contributed by atoms with E-state index in [4.69, 9.17) is 9.47 Å². The highest BCUT2D eigenvalue weighted by Gasteiger charge is 2.24. The second-order valence-corrected chi connectivity index (χ2v) is 6.92. The Morgan fingerprint density at radius 2 is 1.88 bits per heavy atom. The van der Waals surface area contributed by atoms with Crippen LogP contribution in [-0.4, -0.2) is 27.5 Å². The molecule has 24 heavy (non-hydrogen) atoms. The average molecular weight is 348 g/mol. The lowest BCUT2D eigenvalue weighted by molar-refractivity contribution is -0.122. The van der Waals surface area contributed by atoms with Gasteiger partial charge in [-0.1, -0.05) is 0 Å². The van der Waals surface area contributed by atoms with Gasteiger partial charge in [0, 0.05) is 0 Å². The molecule has 1 atom stereocenters. The van der Waals surface area contributed by atoms with E-state index in [-0.39, 0.29) is 10.8 Å². The fourth-order valence-corrected chi connectivity index (χ4v) is 3.29.